The molecule has 0 aliphatic carbocycles. The second-order valence-corrected chi connectivity index (χ2v) is 4.76. The molecule has 1 aromatic rings. The Bertz CT molecular complexity index is 369. The Morgan fingerprint density at radius 3 is 2.56 bits per heavy atom. The van der Waals surface area contributed by atoms with Crippen LogP contribution in [-0.4, -0.2) is 18.1 Å². The Balaban J connectivity index is 2.24. The van der Waals surface area contributed by atoms with Crippen LogP contribution in [0.1, 0.15) is 32.4 Å². The van der Waals surface area contributed by atoms with Crippen LogP contribution in [0.5, 0.6) is 0 Å². The second-order valence-electron chi connectivity index (χ2n) is 4.76. The number of hydrogen-bond acceptors (Lipinski definition) is 3. The molecule has 0 aromatic carbocycles. The minimum atomic E-state index is 0.356. The normalized spacial score (nSPS) is 17.9. The molecule has 2 N–H and O–H groups in total. The number of nitrogens with one attached hydrogen (secondary N) is 2. The van der Waals surface area contributed by atoms with Gasteiger partial charge in [0.25, 0.3) is 0 Å². The third-order valence-electron chi connectivity index (χ3n) is 3.82. The van der Waals surface area contributed by atoms with Crippen LogP contribution in [0.25, 0.3) is 0 Å². The monoisotopic (exact) mass is 219 g/mol. The van der Waals surface area contributed by atoms with Crippen LogP contribution in [0.4, 0.5) is 11.5 Å². The van der Waals surface area contributed by atoms with Crippen molar-refractivity contribution in [1.82, 2.24) is 4.98 Å². The van der Waals surface area contributed by atoms with Gasteiger partial charge in [-0.25, -0.2) is 4.98 Å². The molecule has 1 aliphatic heterocycles. The number of anilines is 2. The van der Waals surface area contributed by atoms with Crippen LogP contribution < -0.4 is 10.6 Å². The van der Waals surface area contributed by atoms with E-state index >= 15 is 0 Å². The summed E-state index contributed by atoms with van der Waals surface area (Å²) in [6, 6.07) is 4.17. The average Bonchev–Trinajstić information content (AvgIpc) is 2.49. The summed E-state index contributed by atoms with van der Waals surface area (Å²) in [6.07, 6.45) is 2.38. The first-order chi connectivity index (χ1) is 7.69. The highest BCUT2D eigenvalue weighted by molar-refractivity contribution is 5.65. The second kappa shape index (κ2) is 4.32. The number of rotatable bonds is 2. The highest BCUT2D eigenvalue weighted by Crippen LogP contribution is 2.32. The topological polar surface area (TPSA) is 37.0 Å². The van der Waals surface area contributed by atoms with E-state index in [1.165, 1.54) is 12.8 Å². The van der Waals surface area contributed by atoms with Gasteiger partial charge in [-0.1, -0.05) is 13.8 Å². The molecule has 0 unspecified atom stereocenters. The zero-order valence-corrected chi connectivity index (χ0v) is 10.4. The molecular weight excluding hydrogens is 198 g/mol. The number of aryl methyl sites for hydroxylation is 1. The zero-order chi connectivity index (χ0) is 11.6. The summed E-state index contributed by atoms with van der Waals surface area (Å²) < 4.78 is 0. The van der Waals surface area contributed by atoms with Crippen molar-refractivity contribution in [2.45, 2.75) is 33.6 Å². The quantitative estimate of drug-likeness (QED) is 0.802. The van der Waals surface area contributed by atoms with Crippen molar-refractivity contribution < 1.29 is 0 Å². The Morgan fingerprint density at radius 1 is 1.19 bits per heavy atom. The maximum absolute atomic E-state index is 4.53. The van der Waals surface area contributed by atoms with Gasteiger partial charge in [-0.2, -0.15) is 0 Å². The first kappa shape index (κ1) is 11.2. The summed E-state index contributed by atoms with van der Waals surface area (Å²) in [4.78, 5) is 4.53. The van der Waals surface area contributed by atoms with E-state index in [9.17, 15) is 0 Å². The third kappa shape index (κ3) is 1.99. The minimum Gasteiger partial charge on any atom is -0.381 e. The molecule has 0 amide bonds. The molecular formula is C13H21N3. The van der Waals surface area contributed by atoms with Gasteiger partial charge >= 0.3 is 0 Å². The van der Waals surface area contributed by atoms with Crippen molar-refractivity contribution in [3.8, 4) is 0 Å². The van der Waals surface area contributed by atoms with Crippen LogP contribution in [0, 0.1) is 12.3 Å². The lowest BCUT2D eigenvalue weighted by Gasteiger charge is -2.29. The average molecular weight is 219 g/mol. The number of aromatic nitrogens is 1. The molecule has 0 saturated carbocycles. The highest BCUT2D eigenvalue weighted by Gasteiger charge is 2.28. The number of nitrogens with zero attached hydrogens (tertiary/aromatic N) is 1. The summed E-state index contributed by atoms with van der Waals surface area (Å²) in [5.74, 6) is 1.00. The summed E-state index contributed by atoms with van der Waals surface area (Å²) in [5, 5.41) is 7.01. The maximum atomic E-state index is 4.53. The summed E-state index contributed by atoms with van der Waals surface area (Å²) in [7, 11) is 0. The van der Waals surface area contributed by atoms with E-state index in [-0.39, 0.29) is 0 Å². The molecule has 88 valence electrons. The van der Waals surface area contributed by atoms with Crippen molar-refractivity contribution in [2.75, 3.05) is 23.7 Å². The fraction of sp³-hybridized carbons (Fsp3) is 0.615. The fourth-order valence-electron chi connectivity index (χ4n) is 2.20. The standard InChI is InChI=1S/C13H21N3/c1-4-13(5-2)8-14-11-7-6-10(3)16-12(11)15-9-13/h6-7,14H,4-5,8-9H2,1-3H3,(H,15,16). The summed E-state index contributed by atoms with van der Waals surface area (Å²) >= 11 is 0. The zero-order valence-electron chi connectivity index (χ0n) is 10.4. The molecule has 0 radical (unpaired) electrons. The van der Waals surface area contributed by atoms with E-state index in [0.717, 1.165) is 30.3 Å². The Kier molecular flexibility index (Phi) is 3.03. The van der Waals surface area contributed by atoms with E-state index in [2.05, 4.69) is 41.6 Å². The predicted octanol–water partition coefficient (Wildman–Crippen LogP) is 3.03. The molecule has 3 heteroatoms. The van der Waals surface area contributed by atoms with E-state index < -0.39 is 0 Å². The summed E-state index contributed by atoms with van der Waals surface area (Å²) in [6.45, 7) is 8.60. The first-order valence-corrected chi connectivity index (χ1v) is 6.14. The molecule has 16 heavy (non-hydrogen) atoms. The van der Waals surface area contributed by atoms with Crippen LogP contribution in [0.2, 0.25) is 0 Å². The molecule has 3 nitrogen and oxygen atoms in total. The van der Waals surface area contributed by atoms with Gasteiger partial charge in [-0.05, 0) is 31.9 Å². The largest absolute Gasteiger partial charge is 0.381 e. The van der Waals surface area contributed by atoms with Gasteiger partial charge in [0.2, 0.25) is 0 Å². The Morgan fingerprint density at radius 2 is 1.88 bits per heavy atom. The minimum absolute atomic E-state index is 0.356. The highest BCUT2D eigenvalue weighted by atomic mass is 15.1. The number of hydrogen-bond donors (Lipinski definition) is 2. The van der Waals surface area contributed by atoms with Gasteiger partial charge < -0.3 is 10.6 Å². The number of fused-ring (bicyclic) bond motifs is 1. The van der Waals surface area contributed by atoms with Crippen LogP contribution in [0.3, 0.4) is 0 Å². The third-order valence-corrected chi connectivity index (χ3v) is 3.82. The van der Waals surface area contributed by atoms with Crippen LogP contribution in [0.15, 0.2) is 12.1 Å². The summed E-state index contributed by atoms with van der Waals surface area (Å²) in [5.41, 5.74) is 2.55. The molecule has 0 bridgehead atoms. The van der Waals surface area contributed by atoms with Gasteiger partial charge in [-0.15, -0.1) is 0 Å². The van der Waals surface area contributed by atoms with Gasteiger partial charge in [0, 0.05) is 24.2 Å². The molecule has 2 heterocycles. The maximum Gasteiger partial charge on any atom is 0.149 e. The van der Waals surface area contributed by atoms with Gasteiger partial charge in [0.15, 0.2) is 0 Å². The van der Waals surface area contributed by atoms with Crippen LogP contribution in [-0.2, 0) is 0 Å². The fourth-order valence-corrected chi connectivity index (χ4v) is 2.20. The van der Waals surface area contributed by atoms with Crippen molar-refractivity contribution in [1.29, 1.82) is 0 Å². The van der Waals surface area contributed by atoms with Crippen LogP contribution >= 0.6 is 0 Å². The lowest BCUT2D eigenvalue weighted by Crippen LogP contribution is -2.33. The van der Waals surface area contributed by atoms with Gasteiger partial charge in [0.1, 0.15) is 5.82 Å². The van der Waals surface area contributed by atoms with Gasteiger partial charge in [-0.3, -0.25) is 0 Å². The van der Waals surface area contributed by atoms with Crippen molar-refractivity contribution >= 4 is 11.5 Å². The first-order valence-electron chi connectivity index (χ1n) is 6.14. The van der Waals surface area contributed by atoms with E-state index in [4.69, 9.17) is 0 Å². The lowest BCUT2D eigenvalue weighted by atomic mass is 9.82. The molecule has 0 saturated heterocycles. The SMILES string of the molecule is CCC1(CC)CNc2ccc(C)nc2NC1. The lowest BCUT2D eigenvalue weighted by molar-refractivity contribution is 0.307. The molecule has 0 fully saturated rings. The van der Waals surface area contributed by atoms with E-state index in [0.29, 0.717) is 5.41 Å². The Hall–Kier alpha value is -1.25. The molecule has 0 atom stereocenters. The van der Waals surface area contributed by atoms with Crippen molar-refractivity contribution in [3.05, 3.63) is 17.8 Å². The Labute approximate surface area is 97.7 Å². The predicted molar refractivity (Wildman–Crippen MR) is 69.0 cm³/mol. The van der Waals surface area contributed by atoms with Crippen molar-refractivity contribution in [3.63, 3.8) is 0 Å². The molecule has 1 aromatic heterocycles. The smallest absolute Gasteiger partial charge is 0.149 e. The van der Waals surface area contributed by atoms with E-state index in [1.807, 2.05) is 6.92 Å². The molecule has 0 spiro atoms. The number of pyridine rings is 1. The van der Waals surface area contributed by atoms with E-state index in [1.54, 1.807) is 0 Å². The van der Waals surface area contributed by atoms with Crippen molar-refractivity contribution in [2.24, 2.45) is 5.41 Å². The molecule has 1 aliphatic rings. The van der Waals surface area contributed by atoms with Gasteiger partial charge in [0.05, 0.1) is 5.69 Å². The molecule has 2 rings (SSSR count).